The lowest BCUT2D eigenvalue weighted by Crippen LogP contribution is -2.13. The number of aromatic nitrogens is 3. The molecule has 0 aliphatic heterocycles. The smallest absolute Gasteiger partial charge is 0.153 e. The molecule has 1 aliphatic rings. The molecule has 4 nitrogen and oxygen atoms in total. The SMILES string of the molecule is CCC1CCC(c2n[nH]c(CO)n2)CC1. The van der Waals surface area contributed by atoms with Gasteiger partial charge in [-0.05, 0) is 31.6 Å². The van der Waals surface area contributed by atoms with E-state index in [1.54, 1.807) is 0 Å². The lowest BCUT2D eigenvalue weighted by atomic mass is 9.80. The summed E-state index contributed by atoms with van der Waals surface area (Å²) in [5, 5.41) is 15.8. The molecule has 2 N–H and O–H groups in total. The Labute approximate surface area is 90.1 Å². The topological polar surface area (TPSA) is 61.8 Å². The van der Waals surface area contributed by atoms with Crippen LogP contribution in [0.25, 0.3) is 0 Å². The van der Waals surface area contributed by atoms with E-state index in [1.165, 1.54) is 32.1 Å². The molecule has 1 fully saturated rings. The van der Waals surface area contributed by atoms with Gasteiger partial charge in [-0.25, -0.2) is 4.98 Å². The van der Waals surface area contributed by atoms with Crippen LogP contribution >= 0.6 is 0 Å². The summed E-state index contributed by atoms with van der Waals surface area (Å²) in [6.07, 6.45) is 6.28. The van der Waals surface area contributed by atoms with Crippen LogP contribution in [-0.2, 0) is 6.61 Å². The standard InChI is InChI=1S/C11H19N3O/c1-2-8-3-5-9(6-4-8)11-12-10(7-15)13-14-11/h8-9,15H,2-7H2,1H3,(H,12,13,14). The summed E-state index contributed by atoms with van der Waals surface area (Å²) >= 11 is 0. The summed E-state index contributed by atoms with van der Waals surface area (Å²) in [5.74, 6) is 2.89. The fourth-order valence-corrected chi connectivity index (χ4v) is 2.39. The minimum absolute atomic E-state index is 0.0443. The van der Waals surface area contributed by atoms with Crippen molar-refractivity contribution in [1.82, 2.24) is 15.2 Å². The molecule has 1 saturated carbocycles. The lowest BCUT2D eigenvalue weighted by molar-refractivity contribution is 0.271. The Bertz CT molecular complexity index is 303. The van der Waals surface area contributed by atoms with E-state index < -0.39 is 0 Å². The van der Waals surface area contributed by atoms with Gasteiger partial charge >= 0.3 is 0 Å². The molecule has 0 radical (unpaired) electrons. The second-order valence-corrected chi connectivity index (χ2v) is 4.42. The van der Waals surface area contributed by atoms with Crippen LogP contribution in [0.15, 0.2) is 0 Å². The molecule has 15 heavy (non-hydrogen) atoms. The van der Waals surface area contributed by atoms with Crippen molar-refractivity contribution >= 4 is 0 Å². The summed E-state index contributed by atoms with van der Waals surface area (Å²) in [7, 11) is 0. The highest BCUT2D eigenvalue weighted by molar-refractivity contribution is 4.99. The van der Waals surface area contributed by atoms with Crippen LogP contribution in [0, 0.1) is 5.92 Å². The second kappa shape index (κ2) is 4.75. The normalized spacial score (nSPS) is 26.8. The summed E-state index contributed by atoms with van der Waals surface area (Å²) in [6.45, 7) is 2.22. The van der Waals surface area contributed by atoms with Crippen molar-refractivity contribution in [3.05, 3.63) is 11.6 Å². The van der Waals surface area contributed by atoms with Crippen LogP contribution in [0.1, 0.15) is 56.6 Å². The van der Waals surface area contributed by atoms with Gasteiger partial charge < -0.3 is 5.11 Å². The van der Waals surface area contributed by atoms with E-state index in [1.807, 2.05) is 0 Å². The van der Waals surface area contributed by atoms with Crippen LogP contribution in [0.5, 0.6) is 0 Å². The third kappa shape index (κ3) is 2.37. The van der Waals surface area contributed by atoms with E-state index in [4.69, 9.17) is 5.11 Å². The van der Waals surface area contributed by atoms with Gasteiger partial charge in [-0.3, -0.25) is 5.10 Å². The lowest BCUT2D eigenvalue weighted by Gasteiger charge is -2.25. The number of rotatable bonds is 3. The molecule has 0 spiro atoms. The van der Waals surface area contributed by atoms with Crippen molar-refractivity contribution in [3.63, 3.8) is 0 Å². The van der Waals surface area contributed by atoms with Crippen molar-refractivity contribution in [2.75, 3.05) is 0 Å². The number of nitrogens with zero attached hydrogens (tertiary/aromatic N) is 2. The van der Waals surface area contributed by atoms with E-state index in [9.17, 15) is 0 Å². The van der Waals surface area contributed by atoms with Crippen LogP contribution < -0.4 is 0 Å². The summed E-state index contributed by atoms with van der Waals surface area (Å²) in [6, 6.07) is 0. The third-order valence-corrected chi connectivity index (χ3v) is 3.49. The van der Waals surface area contributed by atoms with Crippen molar-refractivity contribution in [2.24, 2.45) is 5.92 Å². The number of hydrogen-bond donors (Lipinski definition) is 2. The molecule has 1 heterocycles. The third-order valence-electron chi connectivity index (χ3n) is 3.49. The van der Waals surface area contributed by atoms with E-state index in [0.717, 1.165) is 11.7 Å². The number of nitrogens with one attached hydrogen (secondary N) is 1. The zero-order valence-corrected chi connectivity index (χ0v) is 9.24. The van der Waals surface area contributed by atoms with Crippen LogP contribution in [-0.4, -0.2) is 20.3 Å². The Morgan fingerprint density at radius 3 is 2.60 bits per heavy atom. The first-order chi connectivity index (χ1) is 7.33. The highest BCUT2D eigenvalue weighted by Gasteiger charge is 2.23. The van der Waals surface area contributed by atoms with Gasteiger partial charge in [0.2, 0.25) is 0 Å². The van der Waals surface area contributed by atoms with Gasteiger partial charge in [-0.15, -0.1) is 0 Å². The molecule has 2 rings (SSSR count). The molecule has 84 valence electrons. The van der Waals surface area contributed by atoms with Crippen molar-refractivity contribution in [2.45, 2.75) is 51.6 Å². The van der Waals surface area contributed by atoms with Crippen molar-refractivity contribution < 1.29 is 5.11 Å². The predicted molar refractivity (Wildman–Crippen MR) is 57.3 cm³/mol. The van der Waals surface area contributed by atoms with E-state index in [0.29, 0.717) is 11.7 Å². The van der Waals surface area contributed by atoms with Gasteiger partial charge in [-0.1, -0.05) is 13.3 Å². The summed E-state index contributed by atoms with van der Waals surface area (Å²) in [5.41, 5.74) is 0. The molecular formula is C11H19N3O. The molecule has 1 aromatic heterocycles. The molecule has 0 unspecified atom stereocenters. The van der Waals surface area contributed by atoms with Gasteiger partial charge in [0.25, 0.3) is 0 Å². The number of hydrogen-bond acceptors (Lipinski definition) is 3. The van der Waals surface area contributed by atoms with E-state index >= 15 is 0 Å². The Balaban J connectivity index is 1.95. The largest absolute Gasteiger partial charge is 0.388 e. The molecule has 4 heteroatoms. The number of aliphatic hydroxyl groups is 1. The van der Waals surface area contributed by atoms with Crippen molar-refractivity contribution in [1.29, 1.82) is 0 Å². The number of aliphatic hydroxyl groups excluding tert-OH is 1. The number of aromatic amines is 1. The fraction of sp³-hybridized carbons (Fsp3) is 0.818. The average Bonchev–Trinajstić information content (AvgIpc) is 2.78. The molecule has 0 amide bonds. The Hall–Kier alpha value is -0.900. The molecule has 0 saturated heterocycles. The van der Waals surface area contributed by atoms with Crippen LogP contribution in [0.4, 0.5) is 0 Å². The highest BCUT2D eigenvalue weighted by atomic mass is 16.3. The molecule has 1 aromatic rings. The Morgan fingerprint density at radius 1 is 1.33 bits per heavy atom. The fourth-order valence-electron chi connectivity index (χ4n) is 2.39. The second-order valence-electron chi connectivity index (χ2n) is 4.42. The first kappa shape index (κ1) is 10.6. The zero-order valence-electron chi connectivity index (χ0n) is 9.24. The van der Waals surface area contributed by atoms with E-state index in [-0.39, 0.29) is 6.61 Å². The Kier molecular flexibility index (Phi) is 3.36. The Morgan fingerprint density at radius 2 is 2.07 bits per heavy atom. The first-order valence-corrected chi connectivity index (χ1v) is 5.85. The minimum Gasteiger partial charge on any atom is -0.388 e. The van der Waals surface area contributed by atoms with Gasteiger partial charge in [0, 0.05) is 5.92 Å². The molecule has 0 bridgehead atoms. The molecular weight excluding hydrogens is 190 g/mol. The predicted octanol–water partition coefficient (Wildman–Crippen LogP) is 1.98. The van der Waals surface area contributed by atoms with E-state index in [2.05, 4.69) is 22.1 Å². The maximum atomic E-state index is 8.90. The quantitative estimate of drug-likeness (QED) is 0.800. The molecule has 0 aromatic carbocycles. The zero-order chi connectivity index (χ0) is 10.7. The monoisotopic (exact) mass is 209 g/mol. The summed E-state index contributed by atoms with van der Waals surface area (Å²) in [4.78, 5) is 4.29. The minimum atomic E-state index is -0.0443. The maximum Gasteiger partial charge on any atom is 0.153 e. The van der Waals surface area contributed by atoms with Crippen molar-refractivity contribution in [3.8, 4) is 0 Å². The van der Waals surface area contributed by atoms with Crippen LogP contribution in [0.2, 0.25) is 0 Å². The summed E-state index contributed by atoms with van der Waals surface area (Å²) < 4.78 is 0. The van der Waals surface area contributed by atoms with Gasteiger partial charge in [-0.2, -0.15) is 5.10 Å². The molecule has 1 aliphatic carbocycles. The van der Waals surface area contributed by atoms with Gasteiger partial charge in [0.05, 0.1) is 0 Å². The molecule has 0 atom stereocenters. The number of H-pyrrole nitrogens is 1. The first-order valence-electron chi connectivity index (χ1n) is 5.85. The average molecular weight is 209 g/mol. The maximum absolute atomic E-state index is 8.90. The highest BCUT2D eigenvalue weighted by Crippen LogP contribution is 2.35. The van der Waals surface area contributed by atoms with Gasteiger partial charge in [0.1, 0.15) is 12.4 Å². The van der Waals surface area contributed by atoms with Crippen LogP contribution in [0.3, 0.4) is 0 Å². The van der Waals surface area contributed by atoms with Gasteiger partial charge in [0.15, 0.2) is 5.82 Å².